The van der Waals surface area contributed by atoms with Crippen molar-refractivity contribution in [1.29, 1.82) is 0 Å². The first-order valence-electron chi connectivity index (χ1n) is 9.35. The molecule has 0 spiro atoms. The van der Waals surface area contributed by atoms with Crippen LogP contribution in [0.15, 0.2) is 53.4 Å². The van der Waals surface area contributed by atoms with E-state index in [0.29, 0.717) is 6.26 Å². The van der Waals surface area contributed by atoms with Gasteiger partial charge in [-0.1, -0.05) is 0 Å². The Bertz CT molecular complexity index is 1300. The number of sulfone groups is 1. The lowest BCUT2D eigenvalue weighted by atomic mass is 10.2. The van der Waals surface area contributed by atoms with Crippen molar-refractivity contribution in [2.75, 3.05) is 31.9 Å². The second-order valence-electron chi connectivity index (χ2n) is 7.36. The highest BCUT2D eigenvalue weighted by molar-refractivity contribution is 7.92. The molecule has 2 aromatic rings. The number of nitrogens with zero attached hydrogens (tertiary/aromatic N) is 1. The van der Waals surface area contributed by atoms with Gasteiger partial charge in [-0.2, -0.15) is 21.6 Å². The molecule has 15 heteroatoms. The maximum absolute atomic E-state index is 12.8. The van der Waals surface area contributed by atoms with E-state index in [1.54, 1.807) is 0 Å². The van der Waals surface area contributed by atoms with Crippen LogP contribution in [-0.4, -0.2) is 67.5 Å². The van der Waals surface area contributed by atoms with Crippen LogP contribution in [0.1, 0.15) is 5.56 Å². The van der Waals surface area contributed by atoms with Crippen molar-refractivity contribution in [1.82, 2.24) is 4.31 Å². The largest absolute Gasteiger partial charge is 0.457 e. The molecule has 0 N–H and O–H groups in total. The number of rotatable bonds is 10. The second-order valence-corrected chi connectivity index (χ2v) is 13.2. The lowest BCUT2D eigenvalue weighted by Crippen LogP contribution is -2.37. The van der Waals surface area contributed by atoms with Gasteiger partial charge >= 0.3 is 6.18 Å². The fourth-order valence-corrected chi connectivity index (χ4v) is 5.96. The molecule has 0 aromatic heterocycles. The molecule has 190 valence electrons. The molecule has 1 unspecified atom stereocenters. The third-order valence-corrected chi connectivity index (χ3v) is 8.60. The number of benzene rings is 2. The highest BCUT2D eigenvalue weighted by atomic mass is 32.2. The number of sulfonamides is 1. The van der Waals surface area contributed by atoms with E-state index in [4.69, 9.17) is 8.92 Å². The highest BCUT2D eigenvalue weighted by Gasteiger charge is 2.31. The molecule has 0 aliphatic rings. The van der Waals surface area contributed by atoms with Crippen LogP contribution in [0.4, 0.5) is 13.2 Å². The maximum Gasteiger partial charge on any atom is 0.416 e. The SMILES string of the molecule is CN(C)S(=O)(=O)CC(CS(=O)(=O)c1ccc(Oc2ccc(C(F)(F)F)cc2)cc1)OS(C)(=O)=O. The van der Waals surface area contributed by atoms with Crippen LogP contribution >= 0.6 is 0 Å². The molecule has 34 heavy (non-hydrogen) atoms. The van der Waals surface area contributed by atoms with Gasteiger partial charge in [0, 0.05) is 14.1 Å². The third-order valence-electron chi connectivity index (χ3n) is 4.27. The first-order valence-corrected chi connectivity index (χ1v) is 14.4. The molecule has 0 radical (unpaired) electrons. The summed E-state index contributed by atoms with van der Waals surface area (Å²) in [5, 5.41) is 0. The summed E-state index contributed by atoms with van der Waals surface area (Å²) in [7, 11) is -9.94. The summed E-state index contributed by atoms with van der Waals surface area (Å²) in [6.45, 7) is 0. The van der Waals surface area contributed by atoms with E-state index in [1.165, 1.54) is 26.2 Å². The Morgan fingerprint density at radius 2 is 1.29 bits per heavy atom. The minimum absolute atomic E-state index is 0.0825. The molecule has 2 aromatic carbocycles. The van der Waals surface area contributed by atoms with Crippen molar-refractivity contribution in [3.8, 4) is 11.5 Å². The van der Waals surface area contributed by atoms with Gasteiger partial charge in [-0.3, -0.25) is 4.18 Å². The average molecular weight is 546 g/mol. The molecule has 0 amide bonds. The van der Waals surface area contributed by atoms with Crippen molar-refractivity contribution in [2.45, 2.75) is 17.2 Å². The van der Waals surface area contributed by atoms with E-state index in [-0.39, 0.29) is 16.4 Å². The standard InChI is InChI=1S/C19H22F3NO8S3/c1-23(2)34(28,29)13-17(31-32(3,24)25)12-33(26,27)18-10-8-16(9-11-18)30-15-6-4-14(5-7-15)19(20,21)22/h4-11,17H,12-13H2,1-3H3. The second kappa shape index (κ2) is 10.2. The van der Waals surface area contributed by atoms with Crippen LogP contribution in [-0.2, 0) is 40.3 Å². The maximum atomic E-state index is 12.8. The predicted octanol–water partition coefficient (Wildman–Crippen LogP) is 2.51. The fraction of sp³-hybridized carbons (Fsp3) is 0.368. The monoisotopic (exact) mass is 545 g/mol. The minimum Gasteiger partial charge on any atom is -0.457 e. The van der Waals surface area contributed by atoms with Crippen LogP contribution in [0.3, 0.4) is 0 Å². The van der Waals surface area contributed by atoms with Crippen molar-refractivity contribution in [3.63, 3.8) is 0 Å². The van der Waals surface area contributed by atoms with Gasteiger partial charge in [0.05, 0.1) is 28.2 Å². The van der Waals surface area contributed by atoms with Gasteiger partial charge in [-0.05, 0) is 48.5 Å². The summed E-state index contributed by atoms with van der Waals surface area (Å²) in [6, 6.07) is 8.62. The van der Waals surface area contributed by atoms with Crippen LogP contribution in [0.5, 0.6) is 11.5 Å². The zero-order chi connectivity index (χ0) is 25.9. The molecule has 0 saturated heterocycles. The Kier molecular flexibility index (Phi) is 8.41. The highest BCUT2D eigenvalue weighted by Crippen LogP contribution is 2.31. The molecule has 2 rings (SSSR count). The minimum atomic E-state index is -4.50. The van der Waals surface area contributed by atoms with Gasteiger partial charge in [-0.25, -0.2) is 21.1 Å². The van der Waals surface area contributed by atoms with E-state index in [9.17, 15) is 38.4 Å². The quantitative estimate of drug-likeness (QED) is 0.417. The lowest BCUT2D eigenvalue weighted by molar-refractivity contribution is -0.137. The Balaban J connectivity index is 2.20. The smallest absolute Gasteiger partial charge is 0.416 e. The fourth-order valence-electron chi connectivity index (χ4n) is 2.64. The van der Waals surface area contributed by atoms with E-state index in [1.807, 2.05) is 0 Å². The van der Waals surface area contributed by atoms with Crippen LogP contribution in [0.2, 0.25) is 0 Å². The number of halogens is 3. The zero-order valence-corrected chi connectivity index (χ0v) is 20.6. The van der Waals surface area contributed by atoms with Crippen LogP contribution < -0.4 is 4.74 Å². The zero-order valence-electron chi connectivity index (χ0n) is 18.2. The van der Waals surface area contributed by atoms with Crippen molar-refractivity contribution in [2.24, 2.45) is 0 Å². The first kappa shape index (κ1) is 28.0. The van der Waals surface area contributed by atoms with Gasteiger partial charge in [-0.15, -0.1) is 0 Å². The molecular formula is C19H22F3NO8S3. The number of alkyl halides is 3. The van der Waals surface area contributed by atoms with Gasteiger partial charge in [0.15, 0.2) is 9.84 Å². The van der Waals surface area contributed by atoms with Crippen molar-refractivity contribution < 1.29 is 47.3 Å². The summed E-state index contributed by atoms with van der Waals surface area (Å²) in [4.78, 5) is -0.267. The van der Waals surface area contributed by atoms with E-state index in [2.05, 4.69) is 0 Å². The predicted molar refractivity (Wildman–Crippen MR) is 117 cm³/mol. The van der Waals surface area contributed by atoms with E-state index in [0.717, 1.165) is 40.7 Å². The van der Waals surface area contributed by atoms with Crippen molar-refractivity contribution >= 4 is 30.0 Å². The summed E-state index contributed by atoms with van der Waals surface area (Å²) < 4.78 is 122. The molecular weight excluding hydrogens is 523 g/mol. The van der Waals surface area contributed by atoms with Crippen LogP contribution in [0, 0.1) is 0 Å². The Labute approximate surface area is 196 Å². The summed E-state index contributed by atoms with van der Waals surface area (Å²) >= 11 is 0. The van der Waals surface area contributed by atoms with Gasteiger partial charge in [0.2, 0.25) is 10.0 Å². The average Bonchev–Trinajstić information content (AvgIpc) is 2.66. The Morgan fingerprint density at radius 3 is 1.71 bits per heavy atom. The Hall–Kier alpha value is -2.20. The normalized spacial score (nSPS) is 14.2. The van der Waals surface area contributed by atoms with Crippen LogP contribution in [0.25, 0.3) is 0 Å². The van der Waals surface area contributed by atoms with Crippen molar-refractivity contribution in [3.05, 3.63) is 54.1 Å². The molecule has 9 nitrogen and oxygen atoms in total. The Morgan fingerprint density at radius 1 is 0.824 bits per heavy atom. The number of hydrogen-bond donors (Lipinski definition) is 0. The topological polar surface area (TPSA) is 124 Å². The summed E-state index contributed by atoms with van der Waals surface area (Å²) in [6.07, 6.45) is -5.53. The number of hydrogen-bond acceptors (Lipinski definition) is 8. The van der Waals surface area contributed by atoms with Gasteiger partial charge in [0.25, 0.3) is 10.1 Å². The molecule has 1 atom stereocenters. The molecule has 0 aliphatic carbocycles. The lowest BCUT2D eigenvalue weighted by Gasteiger charge is -2.19. The summed E-state index contributed by atoms with van der Waals surface area (Å²) in [5.41, 5.74) is -0.858. The molecule has 0 aliphatic heterocycles. The van der Waals surface area contributed by atoms with E-state index >= 15 is 0 Å². The molecule has 0 heterocycles. The molecule has 0 fully saturated rings. The first-order chi connectivity index (χ1) is 15.4. The number of ether oxygens (including phenoxy) is 1. The molecule has 0 bridgehead atoms. The molecule has 0 saturated carbocycles. The van der Waals surface area contributed by atoms with E-state index < -0.39 is 59.3 Å². The van der Waals surface area contributed by atoms with Gasteiger partial charge in [0.1, 0.15) is 17.6 Å². The third kappa shape index (κ3) is 8.23. The summed E-state index contributed by atoms with van der Waals surface area (Å²) in [5.74, 6) is -1.62. The van der Waals surface area contributed by atoms with Gasteiger partial charge < -0.3 is 4.74 Å².